The van der Waals surface area contributed by atoms with Gasteiger partial charge in [0.15, 0.2) is 0 Å². The summed E-state index contributed by atoms with van der Waals surface area (Å²) < 4.78 is 0. The molecule has 2 aliphatic rings. The van der Waals surface area contributed by atoms with E-state index >= 15 is 0 Å². The van der Waals surface area contributed by atoms with Crippen LogP contribution in [0.5, 0.6) is 0 Å². The van der Waals surface area contributed by atoms with Crippen LogP contribution in [-0.4, -0.2) is 134 Å². The lowest BCUT2D eigenvalue weighted by atomic mass is 10.1. The summed E-state index contributed by atoms with van der Waals surface area (Å²) in [6, 6.07) is -3.27. The van der Waals surface area contributed by atoms with Gasteiger partial charge in [0.25, 0.3) is 0 Å². The average molecular weight is 743 g/mol. The Morgan fingerprint density at radius 3 is 1.06 bits per heavy atom. The van der Waals surface area contributed by atoms with Crippen LogP contribution >= 0.6 is 0 Å². The predicted octanol–water partition coefficient (Wildman–Crippen LogP) is -0.369. The summed E-state index contributed by atoms with van der Waals surface area (Å²) in [6.07, 6.45) is 4.74. The molecule has 302 valence electrons. The molecule has 2 aliphatic heterocycles. The highest BCUT2D eigenvalue weighted by molar-refractivity contribution is 5.75. The van der Waals surface area contributed by atoms with Crippen molar-refractivity contribution in [2.45, 2.75) is 123 Å². The summed E-state index contributed by atoms with van der Waals surface area (Å²) in [6.45, 7) is 14.9. The van der Waals surface area contributed by atoms with Crippen LogP contribution in [0.3, 0.4) is 0 Å². The van der Waals surface area contributed by atoms with E-state index in [0.29, 0.717) is 6.54 Å². The summed E-state index contributed by atoms with van der Waals surface area (Å²) >= 11 is 0. The van der Waals surface area contributed by atoms with Crippen LogP contribution < -0.4 is 33.2 Å². The molecule has 19 heteroatoms. The van der Waals surface area contributed by atoms with Crippen LogP contribution in [0.2, 0.25) is 0 Å². The first-order valence-corrected chi connectivity index (χ1v) is 16.9. The van der Waals surface area contributed by atoms with Crippen LogP contribution in [0.1, 0.15) is 87.0 Å². The second kappa shape index (κ2) is 32.4. The molecular weight excluding hydrogens is 676 g/mol. The molecule has 4 unspecified atom stereocenters. The fraction of sp³-hybridized carbons (Fsp3) is 0.812. The van der Waals surface area contributed by atoms with Crippen LogP contribution in [0, 0.1) is 17.8 Å². The van der Waals surface area contributed by atoms with Gasteiger partial charge in [0.2, 0.25) is 0 Å². The number of nitrogens with one attached hydrogen (secondary N) is 3. The number of carboxylic acids is 6. The fourth-order valence-corrected chi connectivity index (χ4v) is 3.41. The number of hydrogen-bond donors (Lipinski definition) is 13. The maximum atomic E-state index is 10.4. The summed E-state index contributed by atoms with van der Waals surface area (Å²) in [5, 5.41) is 66.9. The molecule has 2 fully saturated rings. The first-order valence-electron chi connectivity index (χ1n) is 16.9. The third kappa shape index (κ3) is 32.2. The van der Waals surface area contributed by atoms with Crippen molar-refractivity contribution in [2.24, 2.45) is 35.0 Å². The molecule has 0 spiro atoms. The number of nitrogens with two attached hydrogens (primary N) is 3. The molecule has 0 saturated carbocycles. The van der Waals surface area contributed by atoms with E-state index < -0.39 is 60.0 Å². The number of aliphatic carboxylic acids is 6. The lowest BCUT2D eigenvalue weighted by Gasteiger charge is -2.11. The molecule has 2 heterocycles. The molecule has 0 aromatic rings. The molecule has 0 amide bonds. The van der Waals surface area contributed by atoms with Crippen molar-refractivity contribution in [3.8, 4) is 0 Å². The SMILES string of the molecule is CC(C)C(N)C(=O)O.CC(C)C(N)C(=O)O.CC(C)C(N)C(=O)O.CCCNC(CCO)C(=O)O.O=C(O)[C@@H]1CCCN1.O=C(O)[C@@H]1CCCN1. The molecule has 2 rings (SSSR count). The van der Waals surface area contributed by atoms with E-state index in [9.17, 15) is 28.8 Å². The first-order chi connectivity index (χ1) is 23.5. The van der Waals surface area contributed by atoms with E-state index in [0.717, 1.165) is 45.2 Å². The van der Waals surface area contributed by atoms with Gasteiger partial charge < -0.3 is 68.9 Å². The molecule has 6 atom stereocenters. The second-order valence-corrected chi connectivity index (χ2v) is 12.7. The van der Waals surface area contributed by atoms with Crippen molar-refractivity contribution in [2.75, 3.05) is 26.2 Å². The van der Waals surface area contributed by atoms with E-state index in [1.165, 1.54) is 0 Å². The lowest BCUT2D eigenvalue weighted by Crippen LogP contribution is -2.37. The normalized spacial score (nSPS) is 18.2. The number of rotatable bonds is 14. The van der Waals surface area contributed by atoms with Gasteiger partial charge in [-0.2, -0.15) is 0 Å². The summed E-state index contributed by atoms with van der Waals surface area (Å²) in [4.78, 5) is 60.7. The Morgan fingerprint density at radius 2 is 0.941 bits per heavy atom. The third-order valence-corrected chi connectivity index (χ3v) is 7.08. The zero-order valence-corrected chi connectivity index (χ0v) is 31.1. The number of aliphatic hydroxyl groups is 1. The topological polar surface area (TPSA) is 358 Å². The molecule has 51 heavy (non-hydrogen) atoms. The van der Waals surface area contributed by atoms with Gasteiger partial charge in [-0.1, -0.05) is 48.5 Å². The van der Waals surface area contributed by atoms with Crippen molar-refractivity contribution >= 4 is 35.8 Å². The van der Waals surface area contributed by atoms with Crippen molar-refractivity contribution in [1.82, 2.24) is 16.0 Å². The molecular formula is C32H66N6O13. The van der Waals surface area contributed by atoms with Gasteiger partial charge in [-0.3, -0.25) is 28.8 Å². The quantitative estimate of drug-likeness (QED) is 0.108. The minimum atomic E-state index is -0.931. The molecule has 19 nitrogen and oxygen atoms in total. The lowest BCUT2D eigenvalue weighted by molar-refractivity contribution is -0.140. The third-order valence-electron chi connectivity index (χ3n) is 7.08. The van der Waals surface area contributed by atoms with Crippen LogP contribution in [0.15, 0.2) is 0 Å². The van der Waals surface area contributed by atoms with Crippen molar-refractivity contribution in [3.63, 3.8) is 0 Å². The van der Waals surface area contributed by atoms with E-state index in [2.05, 4.69) is 16.0 Å². The highest BCUT2D eigenvalue weighted by Crippen LogP contribution is 2.04. The maximum Gasteiger partial charge on any atom is 0.320 e. The van der Waals surface area contributed by atoms with Gasteiger partial charge in [0.1, 0.15) is 36.3 Å². The van der Waals surface area contributed by atoms with Gasteiger partial charge in [0, 0.05) is 6.61 Å². The largest absolute Gasteiger partial charge is 0.480 e. The summed E-state index contributed by atoms with van der Waals surface area (Å²) in [7, 11) is 0. The number of carbonyl (C=O) groups is 6. The van der Waals surface area contributed by atoms with Gasteiger partial charge in [-0.15, -0.1) is 0 Å². The molecule has 0 radical (unpaired) electrons. The summed E-state index contributed by atoms with van der Waals surface area (Å²) in [5.74, 6) is -5.06. The van der Waals surface area contributed by atoms with E-state index in [1.54, 1.807) is 41.5 Å². The number of carboxylic acid groups (broad SMARTS) is 6. The van der Waals surface area contributed by atoms with Crippen molar-refractivity contribution in [1.29, 1.82) is 0 Å². The zero-order valence-electron chi connectivity index (χ0n) is 31.1. The van der Waals surface area contributed by atoms with Crippen LogP contribution in [-0.2, 0) is 28.8 Å². The smallest absolute Gasteiger partial charge is 0.320 e. The maximum absolute atomic E-state index is 10.4. The Labute approximate surface area is 300 Å². The second-order valence-electron chi connectivity index (χ2n) is 12.7. The predicted molar refractivity (Wildman–Crippen MR) is 190 cm³/mol. The Balaban J connectivity index is -0.000000261. The Morgan fingerprint density at radius 1 is 0.627 bits per heavy atom. The summed E-state index contributed by atoms with van der Waals surface area (Å²) in [5.41, 5.74) is 15.5. The molecule has 2 saturated heterocycles. The van der Waals surface area contributed by atoms with E-state index in [1.807, 2.05) is 6.92 Å². The number of hydrogen-bond acceptors (Lipinski definition) is 13. The Hall–Kier alpha value is -3.46. The van der Waals surface area contributed by atoms with Crippen molar-refractivity contribution < 1.29 is 64.5 Å². The van der Waals surface area contributed by atoms with Crippen LogP contribution in [0.25, 0.3) is 0 Å². The fourth-order valence-electron chi connectivity index (χ4n) is 3.41. The van der Waals surface area contributed by atoms with E-state index in [4.69, 9.17) is 52.9 Å². The Kier molecular flexibility index (Phi) is 34.6. The van der Waals surface area contributed by atoms with Gasteiger partial charge in [-0.05, 0) is 75.9 Å². The number of aliphatic hydroxyl groups excluding tert-OH is 1. The minimum absolute atomic E-state index is 0.0208. The monoisotopic (exact) mass is 742 g/mol. The van der Waals surface area contributed by atoms with Crippen LogP contribution in [0.4, 0.5) is 0 Å². The molecule has 0 bridgehead atoms. The zero-order chi connectivity index (χ0) is 40.9. The van der Waals surface area contributed by atoms with Gasteiger partial charge in [-0.25, -0.2) is 0 Å². The standard InChI is InChI=1S/C7H15NO3.2C5H9NO2.3C5H11NO2/c1-2-4-8-6(3-5-9)7(10)11;2*7-5(8)4-2-1-3-6-4;3*1-3(2)4(6)5(7)8/h6,8-9H,2-5H2,1H3,(H,10,11);2*4,6H,1-3H2,(H,7,8);3*3-4H,6H2,1-2H3,(H,7,8)/t;2*4-;;;/m.00.../s1. The van der Waals surface area contributed by atoms with Gasteiger partial charge in [0.05, 0.1) is 0 Å². The molecule has 16 N–H and O–H groups in total. The average Bonchev–Trinajstić information content (AvgIpc) is 3.79. The molecule has 0 aromatic carbocycles. The van der Waals surface area contributed by atoms with Gasteiger partial charge >= 0.3 is 35.8 Å². The Bertz CT molecular complexity index is 861. The first kappa shape index (κ1) is 54.3. The molecule has 0 aromatic heterocycles. The highest BCUT2D eigenvalue weighted by Gasteiger charge is 2.21. The molecule has 0 aliphatic carbocycles. The minimum Gasteiger partial charge on any atom is -0.480 e. The van der Waals surface area contributed by atoms with Crippen molar-refractivity contribution in [3.05, 3.63) is 0 Å². The van der Waals surface area contributed by atoms with E-state index in [-0.39, 0.29) is 42.9 Å². The highest BCUT2D eigenvalue weighted by atomic mass is 16.4.